The molecule has 3 rings (SSSR count). The normalized spacial score (nSPS) is 22.3. The zero-order valence-corrected chi connectivity index (χ0v) is 12.0. The molecule has 4 heteroatoms. The largest absolute Gasteiger partial charge is 0.391 e. The molecule has 1 aromatic carbocycles. The second-order valence-electron chi connectivity index (χ2n) is 4.98. The van der Waals surface area contributed by atoms with Crippen LogP contribution < -0.4 is 0 Å². The van der Waals surface area contributed by atoms with E-state index in [9.17, 15) is 10.2 Å². The standard InChI is InChI=1S/C15H15ClO2S/c16-12-4-3-10-2-1-5-15(18,14(10)7-12)11-6-13(8-17)19-9-11/h3-4,6-7,9,17-18H,1-2,5,8H2. The van der Waals surface area contributed by atoms with Crippen molar-refractivity contribution in [2.75, 3.05) is 0 Å². The number of halogens is 1. The van der Waals surface area contributed by atoms with Crippen LogP contribution in [0, 0.1) is 0 Å². The molecule has 1 atom stereocenters. The van der Waals surface area contributed by atoms with Gasteiger partial charge in [-0.1, -0.05) is 17.7 Å². The number of hydrogen-bond donors (Lipinski definition) is 2. The molecule has 0 saturated heterocycles. The summed E-state index contributed by atoms with van der Waals surface area (Å²) in [7, 11) is 0. The molecular formula is C15H15ClO2S. The predicted octanol–water partition coefficient (Wildman–Crippen LogP) is 3.47. The van der Waals surface area contributed by atoms with Gasteiger partial charge in [0.25, 0.3) is 0 Å². The second kappa shape index (κ2) is 4.91. The van der Waals surface area contributed by atoms with Gasteiger partial charge in [0.2, 0.25) is 0 Å². The fourth-order valence-corrected chi connectivity index (χ4v) is 3.78. The average Bonchev–Trinajstić information content (AvgIpc) is 2.89. The van der Waals surface area contributed by atoms with Gasteiger partial charge in [-0.05, 0) is 59.5 Å². The Kier molecular flexibility index (Phi) is 3.39. The van der Waals surface area contributed by atoms with Crippen molar-refractivity contribution < 1.29 is 10.2 Å². The molecule has 0 radical (unpaired) electrons. The van der Waals surface area contributed by atoms with Crippen LogP contribution in [0.5, 0.6) is 0 Å². The fraction of sp³-hybridized carbons (Fsp3) is 0.333. The number of aliphatic hydroxyl groups excluding tert-OH is 1. The van der Waals surface area contributed by atoms with E-state index in [1.54, 1.807) is 0 Å². The highest BCUT2D eigenvalue weighted by molar-refractivity contribution is 7.10. The molecule has 1 aliphatic rings. The van der Waals surface area contributed by atoms with Gasteiger partial charge in [0.1, 0.15) is 5.60 Å². The van der Waals surface area contributed by atoms with E-state index < -0.39 is 5.60 Å². The van der Waals surface area contributed by atoms with Crippen LogP contribution in [-0.4, -0.2) is 10.2 Å². The van der Waals surface area contributed by atoms with Gasteiger partial charge >= 0.3 is 0 Å². The molecule has 1 aromatic heterocycles. The first kappa shape index (κ1) is 13.1. The Balaban J connectivity index is 2.12. The van der Waals surface area contributed by atoms with Crippen molar-refractivity contribution in [2.45, 2.75) is 31.5 Å². The first-order chi connectivity index (χ1) is 9.13. The fourth-order valence-electron chi connectivity index (χ4n) is 2.80. The summed E-state index contributed by atoms with van der Waals surface area (Å²) in [4.78, 5) is 0.873. The third kappa shape index (κ3) is 2.21. The Labute approximate surface area is 121 Å². The smallest absolute Gasteiger partial charge is 0.116 e. The van der Waals surface area contributed by atoms with Crippen LogP contribution in [0.15, 0.2) is 29.6 Å². The monoisotopic (exact) mass is 294 g/mol. The van der Waals surface area contributed by atoms with Crippen molar-refractivity contribution in [3.63, 3.8) is 0 Å². The summed E-state index contributed by atoms with van der Waals surface area (Å²) < 4.78 is 0. The predicted molar refractivity (Wildman–Crippen MR) is 77.6 cm³/mol. The van der Waals surface area contributed by atoms with E-state index in [-0.39, 0.29) is 6.61 Å². The maximum Gasteiger partial charge on any atom is 0.116 e. The average molecular weight is 295 g/mol. The molecule has 0 spiro atoms. The number of benzene rings is 1. The van der Waals surface area contributed by atoms with Crippen molar-refractivity contribution in [1.29, 1.82) is 0 Å². The molecule has 1 heterocycles. The topological polar surface area (TPSA) is 40.5 Å². The third-order valence-corrected chi connectivity index (χ3v) is 4.95. The molecule has 0 bridgehead atoms. The van der Waals surface area contributed by atoms with Gasteiger partial charge in [0.15, 0.2) is 0 Å². The lowest BCUT2D eigenvalue weighted by molar-refractivity contribution is 0.0619. The molecule has 19 heavy (non-hydrogen) atoms. The van der Waals surface area contributed by atoms with Crippen LogP contribution in [-0.2, 0) is 18.6 Å². The van der Waals surface area contributed by atoms with E-state index in [1.165, 1.54) is 11.3 Å². The van der Waals surface area contributed by atoms with Gasteiger partial charge in [-0.25, -0.2) is 0 Å². The van der Waals surface area contributed by atoms with Crippen LogP contribution in [0.3, 0.4) is 0 Å². The number of fused-ring (bicyclic) bond motifs is 1. The molecule has 0 saturated carbocycles. The van der Waals surface area contributed by atoms with Crippen LogP contribution in [0.1, 0.15) is 34.4 Å². The highest BCUT2D eigenvalue weighted by Crippen LogP contribution is 2.42. The Morgan fingerprint density at radius 2 is 2.16 bits per heavy atom. The van der Waals surface area contributed by atoms with E-state index in [0.717, 1.165) is 34.4 Å². The van der Waals surface area contributed by atoms with Crippen LogP contribution in [0.4, 0.5) is 0 Å². The van der Waals surface area contributed by atoms with Crippen molar-refractivity contribution in [3.8, 4) is 0 Å². The summed E-state index contributed by atoms with van der Waals surface area (Å²) in [6.07, 6.45) is 2.63. The lowest BCUT2D eigenvalue weighted by Crippen LogP contribution is -2.31. The van der Waals surface area contributed by atoms with Gasteiger partial charge in [-0.3, -0.25) is 0 Å². The van der Waals surface area contributed by atoms with Gasteiger partial charge in [0, 0.05) is 9.90 Å². The zero-order valence-electron chi connectivity index (χ0n) is 10.4. The van der Waals surface area contributed by atoms with Crippen molar-refractivity contribution in [2.24, 2.45) is 0 Å². The van der Waals surface area contributed by atoms with Crippen molar-refractivity contribution >= 4 is 22.9 Å². The summed E-state index contributed by atoms with van der Waals surface area (Å²) in [5.41, 5.74) is 1.97. The maximum absolute atomic E-state index is 11.1. The number of hydrogen-bond acceptors (Lipinski definition) is 3. The minimum atomic E-state index is -0.970. The Hall–Kier alpha value is -0.870. The third-order valence-electron chi connectivity index (χ3n) is 3.79. The maximum atomic E-state index is 11.1. The molecule has 2 nitrogen and oxygen atoms in total. The molecule has 1 unspecified atom stereocenters. The van der Waals surface area contributed by atoms with Crippen LogP contribution in [0.2, 0.25) is 5.02 Å². The summed E-state index contributed by atoms with van der Waals surface area (Å²) in [5.74, 6) is 0. The second-order valence-corrected chi connectivity index (χ2v) is 6.41. The van der Waals surface area contributed by atoms with Gasteiger partial charge < -0.3 is 10.2 Å². The SMILES string of the molecule is OCc1cc(C2(O)CCCc3ccc(Cl)cc32)cs1. The van der Waals surface area contributed by atoms with Crippen molar-refractivity contribution in [3.05, 3.63) is 56.2 Å². The van der Waals surface area contributed by atoms with E-state index in [1.807, 2.05) is 29.6 Å². The minimum Gasteiger partial charge on any atom is -0.391 e. The van der Waals surface area contributed by atoms with E-state index >= 15 is 0 Å². The highest BCUT2D eigenvalue weighted by atomic mass is 35.5. The summed E-state index contributed by atoms with van der Waals surface area (Å²) >= 11 is 7.55. The molecule has 2 aromatic rings. The number of thiophene rings is 1. The molecule has 0 amide bonds. The molecule has 0 aliphatic heterocycles. The van der Waals surface area contributed by atoms with E-state index in [0.29, 0.717) is 11.4 Å². The quantitative estimate of drug-likeness (QED) is 0.890. The molecule has 0 fully saturated rings. The van der Waals surface area contributed by atoms with Crippen LogP contribution in [0.25, 0.3) is 0 Å². The first-order valence-corrected chi connectivity index (χ1v) is 7.59. The van der Waals surface area contributed by atoms with Gasteiger partial charge in [-0.2, -0.15) is 0 Å². The Morgan fingerprint density at radius 1 is 1.32 bits per heavy atom. The van der Waals surface area contributed by atoms with Gasteiger partial charge in [0.05, 0.1) is 6.61 Å². The van der Waals surface area contributed by atoms with Crippen LogP contribution >= 0.6 is 22.9 Å². The lowest BCUT2D eigenvalue weighted by Gasteiger charge is -2.34. The van der Waals surface area contributed by atoms with Gasteiger partial charge in [-0.15, -0.1) is 11.3 Å². The molecule has 2 N–H and O–H groups in total. The molecular weight excluding hydrogens is 280 g/mol. The Bertz CT molecular complexity index is 608. The summed E-state index contributed by atoms with van der Waals surface area (Å²) in [5, 5.41) is 22.9. The molecule has 100 valence electrons. The van der Waals surface area contributed by atoms with E-state index in [2.05, 4.69) is 0 Å². The molecule has 1 aliphatic carbocycles. The Morgan fingerprint density at radius 3 is 2.89 bits per heavy atom. The highest BCUT2D eigenvalue weighted by Gasteiger charge is 2.36. The van der Waals surface area contributed by atoms with E-state index in [4.69, 9.17) is 11.6 Å². The summed E-state index contributed by atoms with van der Waals surface area (Å²) in [6, 6.07) is 7.63. The number of rotatable bonds is 2. The first-order valence-electron chi connectivity index (χ1n) is 6.33. The lowest BCUT2D eigenvalue weighted by atomic mass is 9.76. The number of aliphatic hydroxyl groups is 2. The van der Waals surface area contributed by atoms with Crippen molar-refractivity contribution in [1.82, 2.24) is 0 Å². The number of aryl methyl sites for hydroxylation is 1. The summed E-state index contributed by atoms with van der Waals surface area (Å²) in [6.45, 7) is 0.0170. The minimum absolute atomic E-state index is 0.0170. The zero-order chi connectivity index (χ0) is 13.5.